The van der Waals surface area contributed by atoms with Gasteiger partial charge in [-0.05, 0) is 117 Å². The second kappa shape index (κ2) is 14.3. The first-order chi connectivity index (χ1) is 20.1. The third kappa shape index (κ3) is 7.27. The highest BCUT2D eigenvalue weighted by molar-refractivity contribution is 5.71. The van der Waals surface area contributed by atoms with Crippen molar-refractivity contribution in [3.8, 4) is 28.0 Å². The van der Waals surface area contributed by atoms with Gasteiger partial charge in [0.25, 0.3) is 0 Å². The Hall–Kier alpha value is -2.98. The average Bonchev–Trinajstić information content (AvgIpc) is 3.03. The van der Waals surface area contributed by atoms with E-state index >= 15 is 0 Å². The van der Waals surface area contributed by atoms with Crippen molar-refractivity contribution >= 4 is 0 Å². The van der Waals surface area contributed by atoms with E-state index < -0.39 is 11.6 Å². The molecule has 0 amide bonds. The highest BCUT2D eigenvalue weighted by atomic mass is 19.2. The molecule has 1 aliphatic carbocycles. The maximum absolute atomic E-state index is 14.8. The Labute approximate surface area is 244 Å². The van der Waals surface area contributed by atoms with Gasteiger partial charge in [-0.3, -0.25) is 0 Å². The molecular weight excluding hydrogens is 514 g/mol. The lowest BCUT2D eigenvalue weighted by Crippen LogP contribution is -2.32. The van der Waals surface area contributed by atoms with Crippen LogP contribution in [0.2, 0.25) is 0 Å². The summed E-state index contributed by atoms with van der Waals surface area (Å²) in [6.07, 6.45) is 15.5. The fourth-order valence-corrected chi connectivity index (χ4v) is 6.67. The molecule has 5 rings (SSSR count). The predicted octanol–water partition coefficient (Wildman–Crippen LogP) is 10.5. The van der Waals surface area contributed by atoms with Gasteiger partial charge >= 0.3 is 0 Å². The molecule has 1 aliphatic heterocycles. The van der Waals surface area contributed by atoms with E-state index in [9.17, 15) is 8.78 Å². The highest BCUT2D eigenvalue weighted by Gasteiger charge is 2.31. The number of halogens is 2. The minimum absolute atomic E-state index is 0.0364. The van der Waals surface area contributed by atoms with E-state index in [0.29, 0.717) is 24.2 Å². The predicted molar refractivity (Wildman–Crippen MR) is 164 cm³/mol. The van der Waals surface area contributed by atoms with E-state index in [-0.39, 0.29) is 11.3 Å². The summed E-state index contributed by atoms with van der Waals surface area (Å²) in [4.78, 5) is 0. The molecule has 0 spiro atoms. The molecule has 1 heterocycles. The van der Waals surface area contributed by atoms with Crippen LogP contribution < -0.4 is 4.74 Å². The van der Waals surface area contributed by atoms with E-state index in [4.69, 9.17) is 9.47 Å². The molecule has 41 heavy (non-hydrogen) atoms. The minimum atomic E-state index is -0.930. The molecule has 1 saturated heterocycles. The van der Waals surface area contributed by atoms with E-state index in [1.165, 1.54) is 50.2 Å². The standard InChI is InChI=1S/C37H44F2O2/c1-3-5-6-7-33-21-20-32(25-41-33)30-14-12-28(13-15-30)26-8-10-27(11-9-26)29-16-18-31(19-17-29)34-22-23-35(40-24-4-2)37(39)36(34)38/h3,5,8-11,16-19,22-23,28,30,32-33H,4,6-7,12-15,20-21,24-25H2,1-2H3/b5-3+. The van der Waals surface area contributed by atoms with Gasteiger partial charge in [-0.15, -0.1) is 0 Å². The first-order valence-electron chi connectivity index (χ1n) is 15.6. The molecule has 0 radical (unpaired) electrons. The van der Waals surface area contributed by atoms with Crippen molar-refractivity contribution in [2.75, 3.05) is 13.2 Å². The van der Waals surface area contributed by atoms with Crippen LogP contribution in [-0.4, -0.2) is 19.3 Å². The number of allylic oxidation sites excluding steroid dienone is 2. The zero-order valence-corrected chi connectivity index (χ0v) is 24.6. The van der Waals surface area contributed by atoms with Crippen LogP contribution in [0.25, 0.3) is 22.3 Å². The molecule has 3 aromatic rings. The Morgan fingerprint density at radius 1 is 0.780 bits per heavy atom. The molecule has 2 unspecified atom stereocenters. The van der Waals surface area contributed by atoms with Crippen molar-refractivity contribution in [2.45, 2.75) is 83.7 Å². The third-order valence-corrected chi connectivity index (χ3v) is 9.15. The van der Waals surface area contributed by atoms with Crippen molar-refractivity contribution in [1.29, 1.82) is 0 Å². The van der Waals surface area contributed by atoms with Gasteiger partial charge in [-0.25, -0.2) is 4.39 Å². The van der Waals surface area contributed by atoms with Gasteiger partial charge in [0.1, 0.15) is 0 Å². The van der Waals surface area contributed by atoms with Gasteiger partial charge < -0.3 is 9.47 Å². The second-order valence-electron chi connectivity index (χ2n) is 11.8. The summed E-state index contributed by atoms with van der Waals surface area (Å²) < 4.78 is 40.8. The highest BCUT2D eigenvalue weighted by Crippen LogP contribution is 2.42. The number of hydrogen-bond donors (Lipinski definition) is 0. The van der Waals surface area contributed by atoms with Gasteiger partial charge in [-0.1, -0.05) is 67.6 Å². The number of rotatable bonds is 10. The quantitative estimate of drug-likeness (QED) is 0.230. The summed E-state index contributed by atoms with van der Waals surface area (Å²) in [5.74, 6) is 0.329. The van der Waals surface area contributed by atoms with Crippen LogP contribution in [0.3, 0.4) is 0 Å². The molecule has 2 fully saturated rings. The van der Waals surface area contributed by atoms with Gasteiger partial charge in [0, 0.05) is 5.56 Å². The number of ether oxygens (including phenoxy) is 2. The summed E-state index contributed by atoms with van der Waals surface area (Å²) >= 11 is 0. The van der Waals surface area contributed by atoms with Crippen LogP contribution in [0.5, 0.6) is 5.75 Å². The molecule has 2 nitrogen and oxygen atoms in total. The second-order valence-corrected chi connectivity index (χ2v) is 11.8. The molecule has 0 bridgehead atoms. The van der Waals surface area contributed by atoms with Crippen LogP contribution in [0.1, 0.15) is 83.1 Å². The SMILES string of the molecule is C/C=C/CCC1CCC(C2CCC(c3ccc(-c4ccc(-c5ccc(OCCC)c(F)c5F)cc4)cc3)CC2)CO1. The summed E-state index contributed by atoms with van der Waals surface area (Å²) in [7, 11) is 0. The molecule has 218 valence electrons. The van der Waals surface area contributed by atoms with Crippen molar-refractivity contribution in [2.24, 2.45) is 11.8 Å². The zero-order valence-electron chi connectivity index (χ0n) is 24.6. The summed E-state index contributed by atoms with van der Waals surface area (Å²) in [6, 6.07) is 19.7. The fourth-order valence-electron chi connectivity index (χ4n) is 6.67. The van der Waals surface area contributed by atoms with Crippen molar-refractivity contribution in [3.63, 3.8) is 0 Å². The zero-order chi connectivity index (χ0) is 28.6. The van der Waals surface area contributed by atoms with Gasteiger partial charge in [-0.2, -0.15) is 4.39 Å². The normalized spacial score (nSPS) is 23.1. The Morgan fingerprint density at radius 2 is 1.44 bits per heavy atom. The summed E-state index contributed by atoms with van der Waals surface area (Å²) in [5, 5.41) is 0. The van der Waals surface area contributed by atoms with E-state index in [1.807, 2.05) is 31.2 Å². The van der Waals surface area contributed by atoms with Gasteiger partial charge in [0.05, 0.1) is 19.3 Å². The van der Waals surface area contributed by atoms with Gasteiger partial charge in [0.2, 0.25) is 5.82 Å². The fraction of sp³-hybridized carbons (Fsp3) is 0.459. The summed E-state index contributed by atoms with van der Waals surface area (Å²) in [6.45, 7) is 5.32. The Balaban J connectivity index is 1.14. The maximum Gasteiger partial charge on any atom is 0.201 e. The molecule has 3 aromatic carbocycles. The van der Waals surface area contributed by atoms with Crippen LogP contribution in [0, 0.1) is 23.5 Å². The Morgan fingerprint density at radius 3 is 2.07 bits per heavy atom. The smallest absolute Gasteiger partial charge is 0.201 e. The average molecular weight is 559 g/mol. The lowest BCUT2D eigenvalue weighted by atomic mass is 9.72. The molecule has 4 heteroatoms. The molecule has 0 N–H and O–H groups in total. The number of hydrogen-bond acceptors (Lipinski definition) is 2. The molecular formula is C37H44F2O2. The van der Waals surface area contributed by atoms with Gasteiger partial charge in [0.15, 0.2) is 11.6 Å². The van der Waals surface area contributed by atoms with E-state index in [0.717, 1.165) is 48.8 Å². The first kappa shape index (κ1) is 29.5. The minimum Gasteiger partial charge on any atom is -0.490 e. The lowest BCUT2D eigenvalue weighted by Gasteiger charge is -2.38. The van der Waals surface area contributed by atoms with Crippen LogP contribution in [-0.2, 0) is 4.74 Å². The Bertz CT molecular complexity index is 1270. The number of benzene rings is 3. The third-order valence-electron chi connectivity index (χ3n) is 9.15. The van der Waals surface area contributed by atoms with Crippen LogP contribution in [0.4, 0.5) is 8.78 Å². The monoisotopic (exact) mass is 558 g/mol. The lowest BCUT2D eigenvalue weighted by molar-refractivity contribution is -0.0401. The Kier molecular flexibility index (Phi) is 10.3. The molecule has 2 atom stereocenters. The van der Waals surface area contributed by atoms with Crippen molar-refractivity contribution in [1.82, 2.24) is 0 Å². The van der Waals surface area contributed by atoms with Crippen LogP contribution >= 0.6 is 0 Å². The molecule has 2 aliphatic rings. The van der Waals surface area contributed by atoms with E-state index in [2.05, 4.69) is 43.3 Å². The molecule has 1 saturated carbocycles. The summed E-state index contributed by atoms with van der Waals surface area (Å²) in [5.41, 5.74) is 4.51. The maximum atomic E-state index is 14.8. The van der Waals surface area contributed by atoms with E-state index in [1.54, 1.807) is 6.07 Å². The van der Waals surface area contributed by atoms with Crippen LogP contribution in [0.15, 0.2) is 72.8 Å². The largest absolute Gasteiger partial charge is 0.490 e. The van der Waals surface area contributed by atoms with Crippen molar-refractivity contribution < 1.29 is 18.3 Å². The first-order valence-corrected chi connectivity index (χ1v) is 15.6. The molecule has 0 aromatic heterocycles. The topological polar surface area (TPSA) is 18.5 Å². The van der Waals surface area contributed by atoms with Crippen molar-refractivity contribution in [3.05, 3.63) is 90.0 Å².